The monoisotopic (exact) mass is 444 g/mol. The van der Waals surface area contributed by atoms with Crippen LogP contribution in [-0.2, 0) is 20.0 Å². The molecule has 0 saturated heterocycles. The van der Waals surface area contributed by atoms with Crippen LogP contribution < -0.4 is 0 Å². The Morgan fingerprint density at radius 2 is 1.75 bits per heavy atom. The Kier molecular flexibility index (Phi) is 6.04. The van der Waals surface area contributed by atoms with E-state index in [2.05, 4.69) is 4.98 Å². The minimum Gasteiger partial charge on any atom is -0.365 e. The van der Waals surface area contributed by atoms with Gasteiger partial charge in [0.05, 0.1) is 29.3 Å². The van der Waals surface area contributed by atoms with Crippen LogP contribution in [0.2, 0.25) is 0 Å². The van der Waals surface area contributed by atoms with Crippen molar-refractivity contribution in [3.8, 4) is 22.8 Å². The Morgan fingerprint density at radius 1 is 1.03 bits per heavy atom. The maximum Gasteiger partial charge on any atom is 0.278 e. The molecule has 1 aromatic carbocycles. The number of hydrogen-bond acceptors (Lipinski definition) is 3. The highest BCUT2D eigenvalue weighted by Crippen LogP contribution is 2.33. The lowest BCUT2D eigenvalue weighted by molar-refractivity contribution is 0.138. The number of nitrogens with zero attached hydrogens (tertiary/aromatic N) is 4. The van der Waals surface area contributed by atoms with E-state index in [4.69, 9.17) is 4.98 Å². The first-order chi connectivity index (χ1) is 15.3. The fraction of sp³-hybridized carbons (Fsp3) is 0.333. The van der Waals surface area contributed by atoms with Crippen molar-refractivity contribution < 1.29 is 17.6 Å². The third-order valence-electron chi connectivity index (χ3n) is 5.71. The zero-order chi connectivity index (χ0) is 23.0. The number of halogens is 4. The molecule has 3 heterocycles. The van der Waals surface area contributed by atoms with Crippen molar-refractivity contribution in [2.24, 2.45) is 7.05 Å². The van der Waals surface area contributed by atoms with Gasteiger partial charge in [0.15, 0.2) is 5.82 Å². The van der Waals surface area contributed by atoms with Crippen LogP contribution in [0, 0.1) is 11.6 Å². The Morgan fingerprint density at radius 3 is 2.38 bits per heavy atom. The van der Waals surface area contributed by atoms with Gasteiger partial charge in [-0.1, -0.05) is 19.4 Å². The summed E-state index contributed by atoms with van der Waals surface area (Å²) in [7, 11) is 1.84. The van der Waals surface area contributed by atoms with Crippen molar-refractivity contribution in [1.82, 2.24) is 19.4 Å². The van der Waals surface area contributed by atoms with E-state index in [0.717, 1.165) is 30.2 Å². The lowest BCUT2D eigenvalue weighted by Gasteiger charge is -2.29. The molecule has 1 aliphatic rings. The van der Waals surface area contributed by atoms with Crippen LogP contribution in [0.15, 0.2) is 36.0 Å². The number of hydrogen-bond donors (Lipinski definition) is 0. The van der Waals surface area contributed by atoms with E-state index >= 15 is 0 Å². The largest absolute Gasteiger partial charge is 0.365 e. The second kappa shape index (κ2) is 8.76. The molecule has 1 aliphatic heterocycles. The van der Waals surface area contributed by atoms with Gasteiger partial charge >= 0.3 is 0 Å². The van der Waals surface area contributed by atoms with Gasteiger partial charge in [-0.3, -0.25) is 0 Å². The molecule has 2 aromatic heterocycles. The summed E-state index contributed by atoms with van der Waals surface area (Å²) in [6.45, 7) is 4.65. The quantitative estimate of drug-likeness (QED) is 0.449. The number of pyridine rings is 1. The van der Waals surface area contributed by atoms with E-state index in [-0.39, 0.29) is 5.70 Å². The molecular weight excluding hydrogens is 420 g/mol. The van der Waals surface area contributed by atoms with Gasteiger partial charge in [-0.15, -0.1) is 0 Å². The Bertz CT molecular complexity index is 1160. The van der Waals surface area contributed by atoms with Gasteiger partial charge in [0.1, 0.15) is 17.3 Å². The zero-order valence-electron chi connectivity index (χ0n) is 18.2. The minimum atomic E-state index is -2.59. The summed E-state index contributed by atoms with van der Waals surface area (Å²) in [5, 5.41) is 0. The first-order valence-electron chi connectivity index (χ1n) is 10.6. The molecule has 168 valence electrons. The standard InChI is InChI=1S/C24H24F4N4/c1-4-6-14-7-8-18(15-9-16(25)11-17(26)10-15)29-22(14)24-30-19-12-20(23(27)28)32(5-2)13-21(19)31(24)3/h7-12,23H,4-6,13H2,1-3H3. The lowest BCUT2D eigenvalue weighted by Crippen LogP contribution is -2.29. The first-order valence-corrected chi connectivity index (χ1v) is 10.6. The van der Waals surface area contributed by atoms with Crippen LogP contribution in [0.5, 0.6) is 0 Å². The molecule has 4 rings (SSSR count). The molecule has 4 nitrogen and oxygen atoms in total. The van der Waals surface area contributed by atoms with Gasteiger partial charge in [-0.2, -0.15) is 0 Å². The Labute approximate surface area is 184 Å². The number of aryl methyl sites for hydroxylation is 1. The van der Waals surface area contributed by atoms with Crippen LogP contribution in [0.1, 0.15) is 37.2 Å². The highest BCUT2D eigenvalue weighted by Gasteiger charge is 2.28. The number of allylic oxidation sites excluding steroid dienone is 1. The van der Waals surface area contributed by atoms with Crippen LogP contribution in [-0.4, -0.2) is 32.4 Å². The predicted octanol–water partition coefficient (Wildman–Crippen LogP) is 5.82. The van der Waals surface area contributed by atoms with Gasteiger partial charge < -0.3 is 9.47 Å². The molecule has 0 bridgehead atoms. The number of aromatic nitrogens is 3. The second-order valence-electron chi connectivity index (χ2n) is 7.82. The number of benzene rings is 1. The molecule has 0 atom stereocenters. The normalized spacial score (nSPS) is 13.5. The molecule has 0 aliphatic carbocycles. The highest BCUT2D eigenvalue weighted by atomic mass is 19.3. The third kappa shape index (κ3) is 4.01. The maximum atomic E-state index is 13.8. The molecular formula is C24H24F4N4. The Balaban J connectivity index is 1.86. The fourth-order valence-corrected chi connectivity index (χ4v) is 4.08. The second-order valence-corrected chi connectivity index (χ2v) is 7.82. The molecule has 0 amide bonds. The Hall–Kier alpha value is -3.16. The topological polar surface area (TPSA) is 34.0 Å². The molecule has 0 radical (unpaired) electrons. The summed E-state index contributed by atoms with van der Waals surface area (Å²) in [4.78, 5) is 11.0. The van der Waals surface area contributed by atoms with Gasteiger partial charge in [0.2, 0.25) is 0 Å². The number of rotatable bonds is 6. The van der Waals surface area contributed by atoms with E-state index in [1.807, 2.05) is 31.5 Å². The van der Waals surface area contributed by atoms with Gasteiger partial charge in [-0.25, -0.2) is 27.5 Å². The summed E-state index contributed by atoms with van der Waals surface area (Å²) in [5.74, 6) is -0.824. The van der Waals surface area contributed by atoms with E-state index in [9.17, 15) is 17.6 Å². The molecule has 8 heteroatoms. The molecule has 0 saturated carbocycles. The molecule has 32 heavy (non-hydrogen) atoms. The number of fused-ring (bicyclic) bond motifs is 1. The summed E-state index contributed by atoms with van der Waals surface area (Å²) in [6, 6.07) is 6.90. The van der Waals surface area contributed by atoms with Crippen LogP contribution >= 0.6 is 0 Å². The predicted molar refractivity (Wildman–Crippen MR) is 116 cm³/mol. The fourth-order valence-electron chi connectivity index (χ4n) is 4.08. The van der Waals surface area contributed by atoms with E-state index < -0.39 is 18.1 Å². The summed E-state index contributed by atoms with van der Waals surface area (Å²) >= 11 is 0. The van der Waals surface area contributed by atoms with Crippen molar-refractivity contribution in [1.29, 1.82) is 0 Å². The van der Waals surface area contributed by atoms with E-state index in [1.165, 1.54) is 18.2 Å². The molecule has 3 aromatic rings. The van der Waals surface area contributed by atoms with Crippen molar-refractivity contribution in [3.05, 3.63) is 64.6 Å². The van der Waals surface area contributed by atoms with Crippen molar-refractivity contribution in [3.63, 3.8) is 0 Å². The number of imidazole rings is 1. The van der Waals surface area contributed by atoms with Gasteiger partial charge in [0.25, 0.3) is 6.43 Å². The van der Waals surface area contributed by atoms with Crippen LogP contribution in [0.25, 0.3) is 28.9 Å². The van der Waals surface area contributed by atoms with Crippen molar-refractivity contribution >= 4 is 6.08 Å². The molecule has 0 spiro atoms. The average molecular weight is 444 g/mol. The first kappa shape index (κ1) is 22.0. The summed E-state index contributed by atoms with van der Waals surface area (Å²) in [6.07, 6.45) is 0.443. The zero-order valence-corrected chi connectivity index (χ0v) is 18.2. The maximum absolute atomic E-state index is 13.8. The van der Waals surface area contributed by atoms with Crippen molar-refractivity contribution in [2.75, 3.05) is 6.54 Å². The molecule has 0 N–H and O–H groups in total. The SMILES string of the molecule is CCCc1ccc(-c2cc(F)cc(F)c2)nc1-c1nc2c(n1C)CN(CC)C(C(F)F)=C2. The van der Waals surface area contributed by atoms with Crippen LogP contribution in [0.4, 0.5) is 17.6 Å². The smallest absolute Gasteiger partial charge is 0.278 e. The summed E-state index contributed by atoms with van der Waals surface area (Å²) in [5.41, 5.74) is 3.52. The van der Waals surface area contributed by atoms with E-state index in [0.29, 0.717) is 41.6 Å². The van der Waals surface area contributed by atoms with Crippen LogP contribution in [0.3, 0.4) is 0 Å². The highest BCUT2D eigenvalue weighted by molar-refractivity contribution is 5.68. The molecule has 0 unspecified atom stereocenters. The van der Waals surface area contributed by atoms with Gasteiger partial charge in [-0.05, 0) is 43.2 Å². The van der Waals surface area contributed by atoms with Crippen molar-refractivity contribution in [2.45, 2.75) is 39.7 Å². The van der Waals surface area contributed by atoms with Gasteiger partial charge in [0, 0.05) is 25.2 Å². The third-order valence-corrected chi connectivity index (χ3v) is 5.71. The summed E-state index contributed by atoms with van der Waals surface area (Å²) < 4.78 is 56.5. The minimum absolute atomic E-state index is 0.0459. The average Bonchev–Trinajstić information content (AvgIpc) is 3.08. The number of alkyl halides is 2. The molecule has 0 fully saturated rings. The lowest BCUT2D eigenvalue weighted by atomic mass is 10.0. The van der Waals surface area contributed by atoms with E-state index in [1.54, 1.807) is 11.0 Å².